The van der Waals surface area contributed by atoms with Gasteiger partial charge < -0.3 is 0 Å². The van der Waals surface area contributed by atoms with Crippen molar-refractivity contribution in [1.29, 1.82) is 0 Å². The van der Waals surface area contributed by atoms with Gasteiger partial charge in [-0.3, -0.25) is 0 Å². The van der Waals surface area contributed by atoms with Gasteiger partial charge in [0.25, 0.3) is 0 Å². The van der Waals surface area contributed by atoms with Crippen molar-refractivity contribution in [3.63, 3.8) is 0 Å². The summed E-state index contributed by atoms with van der Waals surface area (Å²) in [6, 6.07) is 12.7. The molecule has 0 spiro atoms. The Morgan fingerprint density at radius 1 is 1.00 bits per heavy atom. The first kappa shape index (κ1) is 9.22. The van der Waals surface area contributed by atoms with Crippen LogP contribution in [0, 0.1) is 6.92 Å². The first-order chi connectivity index (χ1) is 6.84. The molecule has 2 aromatic rings. The summed E-state index contributed by atoms with van der Waals surface area (Å²) in [6.07, 6.45) is 4.29. The standard InChI is InChI=1S/C13H12S/c1-11-4-6-12(7-5-11)8-9-13-3-2-10-14-13/h2-10H,1H3. The SMILES string of the molecule is Cc1ccc(C=Cc2cccs2)cc1. The van der Waals surface area contributed by atoms with Crippen LogP contribution in [0.1, 0.15) is 16.0 Å². The van der Waals surface area contributed by atoms with Crippen molar-refractivity contribution in [2.24, 2.45) is 0 Å². The Morgan fingerprint density at radius 2 is 1.79 bits per heavy atom. The molecule has 0 unspecified atom stereocenters. The van der Waals surface area contributed by atoms with Gasteiger partial charge in [0.2, 0.25) is 0 Å². The summed E-state index contributed by atoms with van der Waals surface area (Å²) < 4.78 is 0. The van der Waals surface area contributed by atoms with Gasteiger partial charge in [0.1, 0.15) is 0 Å². The Hall–Kier alpha value is -1.34. The van der Waals surface area contributed by atoms with Gasteiger partial charge in [-0.15, -0.1) is 11.3 Å². The van der Waals surface area contributed by atoms with E-state index in [9.17, 15) is 0 Å². The Labute approximate surface area is 88.5 Å². The zero-order valence-electron chi connectivity index (χ0n) is 8.10. The Bertz CT molecular complexity index is 407. The van der Waals surface area contributed by atoms with Gasteiger partial charge in [0.05, 0.1) is 0 Å². The molecule has 0 saturated heterocycles. The molecule has 0 saturated carbocycles. The van der Waals surface area contributed by atoms with Crippen LogP contribution in [0.3, 0.4) is 0 Å². The maximum absolute atomic E-state index is 2.15. The number of hydrogen-bond acceptors (Lipinski definition) is 1. The van der Waals surface area contributed by atoms with E-state index >= 15 is 0 Å². The number of thiophene rings is 1. The third-order valence-corrected chi connectivity index (χ3v) is 2.90. The number of rotatable bonds is 2. The first-order valence-corrected chi connectivity index (χ1v) is 5.51. The Morgan fingerprint density at radius 3 is 2.43 bits per heavy atom. The molecule has 0 aliphatic carbocycles. The summed E-state index contributed by atoms with van der Waals surface area (Å²) in [5, 5.41) is 2.09. The van der Waals surface area contributed by atoms with E-state index in [0.717, 1.165) is 0 Å². The fraction of sp³-hybridized carbons (Fsp3) is 0.0769. The van der Waals surface area contributed by atoms with E-state index in [-0.39, 0.29) is 0 Å². The zero-order chi connectivity index (χ0) is 9.80. The lowest BCUT2D eigenvalue weighted by atomic mass is 10.1. The highest BCUT2D eigenvalue weighted by Crippen LogP contribution is 2.13. The van der Waals surface area contributed by atoms with Crippen LogP contribution in [0.4, 0.5) is 0 Å². The quantitative estimate of drug-likeness (QED) is 0.680. The van der Waals surface area contributed by atoms with E-state index in [1.54, 1.807) is 11.3 Å². The first-order valence-electron chi connectivity index (χ1n) is 4.63. The van der Waals surface area contributed by atoms with Crippen molar-refractivity contribution in [2.45, 2.75) is 6.92 Å². The Balaban J connectivity index is 2.15. The van der Waals surface area contributed by atoms with E-state index in [1.807, 2.05) is 0 Å². The molecule has 1 aromatic heterocycles. The maximum atomic E-state index is 2.15. The molecule has 70 valence electrons. The molecule has 0 amide bonds. The summed E-state index contributed by atoms with van der Waals surface area (Å²) in [7, 11) is 0. The van der Waals surface area contributed by atoms with Crippen LogP contribution in [0.15, 0.2) is 41.8 Å². The Kier molecular flexibility index (Phi) is 2.80. The van der Waals surface area contributed by atoms with Crippen LogP contribution < -0.4 is 0 Å². The van der Waals surface area contributed by atoms with Crippen LogP contribution >= 0.6 is 11.3 Å². The van der Waals surface area contributed by atoms with Crippen molar-refractivity contribution in [2.75, 3.05) is 0 Å². The molecule has 1 heterocycles. The lowest BCUT2D eigenvalue weighted by Crippen LogP contribution is -1.72. The van der Waals surface area contributed by atoms with Crippen LogP contribution in [0.25, 0.3) is 12.2 Å². The van der Waals surface area contributed by atoms with E-state index in [0.29, 0.717) is 0 Å². The number of aryl methyl sites for hydroxylation is 1. The zero-order valence-corrected chi connectivity index (χ0v) is 8.92. The van der Waals surface area contributed by atoms with Crippen molar-refractivity contribution >= 4 is 23.5 Å². The van der Waals surface area contributed by atoms with Crippen molar-refractivity contribution in [1.82, 2.24) is 0 Å². The highest BCUT2D eigenvalue weighted by molar-refractivity contribution is 7.10. The highest BCUT2D eigenvalue weighted by atomic mass is 32.1. The monoisotopic (exact) mass is 200 g/mol. The van der Waals surface area contributed by atoms with Crippen LogP contribution in [-0.4, -0.2) is 0 Å². The molecular formula is C13H12S. The summed E-state index contributed by atoms with van der Waals surface area (Å²) in [5.74, 6) is 0. The second-order valence-corrected chi connectivity index (χ2v) is 4.24. The molecule has 14 heavy (non-hydrogen) atoms. The van der Waals surface area contributed by atoms with E-state index in [1.165, 1.54) is 16.0 Å². The summed E-state index contributed by atoms with van der Waals surface area (Å²) in [6.45, 7) is 2.10. The van der Waals surface area contributed by atoms with E-state index in [2.05, 4.69) is 60.9 Å². The van der Waals surface area contributed by atoms with Gasteiger partial charge in [-0.1, -0.05) is 42.0 Å². The van der Waals surface area contributed by atoms with Gasteiger partial charge in [0, 0.05) is 4.88 Å². The maximum Gasteiger partial charge on any atom is 0.0270 e. The number of benzene rings is 1. The molecule has 0 radical (unpaired) electrons. The topological polar surface area (TPSA) is 0 Å². The third kappa shape index (κ3) is 2.33. The number of hydrogen-bond donors (Lipinski definition) is 0. The molecule has 0 fully saturated rings. The minimum absolute atomic E-state index is 1.25. The minimum Gasteiger partial charge on any atom is -0.144 e. The molecule has 1 heteroatoms. The smallest absolute Gasteiger partial charge is 0.0270 e. The predicted molar refractivity (Wildman–Crippen MR) is 64.4 cm³/mol. The fourth-order valence-electron chi connectivity index (χ4n) is 1.24. The molecule has 0 nitrogen and oxygen atoms in total. The van der Waals surface area contributed by atoms with E-state index < -0.39 is 0 Å². The lowest BCUT2D eigenvalue weighted by molar-refractivity contribution is 1.46. The summed E-state index contributed by atoms with van der Waals surface area (Å²) >= 11 is 1.76. The molecule has 0 N–H and O–H groups in total. The van der Waals surface area contributed by atoms with Gasteiger partial charge in [-0.05, 0) is 30.0 Å². The van der Waals surface area contributed by atoms with E-state index in [4.69, 9.17) is 0 Å². The summed E-state index contributed by atoms with van der Waals surface area (Å²) in [4.78, 5) is 1.30. The van der Waals surface area contributed by atoms with Gasteiger partial charge in [-0.25, -0.2) is 0 Å². The van der Waals surface area contributed by atoms with Crippen LogP contribution in [-0.2, 0) is 0 Å². The second-order valence-electron chi connectivity index (χ2n) is 3.26. The molecular weight excluding hydrogens is 188 g/mol. The van der Waals surface area contributed by atoms with Crippen LogP contribution in [0.2, 0.25) is 0 Å². The largest absolute Gasteiger partial charge is 0.144 e. The van der Waals surface area contributed by atoms with Crippen LogP contribution in [0.5, 0.6) is 0 Å². The molecule has 0 aliphatic heterocycles. The third-order valence-electron chi connectivity index (χ3n) is 2.06. The highest BCUT2D eigenvalue weighted by Gasteiger charge is 1.88. The fourth-order valence-corrected chi connectivity index (χ4v) is 1.86. The molecule has 2 rings (SSSR count). The van der Waals surface area contributed by atoms with Crippen molar-refractivity contribution < 1.29 is 0 Å². The van der Waals surface area contributed by atoms with Crippen molar-refractivity contribution in [3.05, 3.63) is 57.8 Å². The van der Waals surface area contributed by atoms with Crippen molar-refractivity contribution in [3.8, 4) is 0 Å². The molecule has 0 bridgehead atoms. The molecule has 0 aliphatic rings. The summed E-state index contributed by atoms with van der Waals surface area (Å²) in [5.41, 5.74) is 2.56. The van der Waals surface area contributed by atoms with Gasteiger partial charge >= 0.3 is 0 Å². The second kappa shape index (κ2) is 4.25. The normalized spacial score (nSPS) is 10.9. The molecule has 0 atom stereocenters. The minimum atomic E-state index is 1.25. The average Bonchev–Trinajstić information content (AvgIpc) is 2.70. The molecule has 1 aromatic carbocycles. The van der Waals surface area contributed by atoms with Gasteiger partial charge in [0.15, 0.2) is 0 Å². The van der Waals surface area contributed by atoms with Gasteiger partial charge in [-0.2, -0.15) is 0 Å². The average molecular weight is 200 g/mol. The lowest BCUT2D eigenvalue weighted by Gasteiger charge is -1.93. The predicted octanol–water partition coefficient (Wildman–Crippen LogP) is 4.23.